The SMILES string of the molecule is CN1C(=Nc2ccc3ncnc(Nc4ccc(OCc5ccccn5)c(Cl)c4)c3c2)OCC12CCNCC2. The van der Waals surface area contributed by atoms with E-state index in [2.05, 4.69) is 37.5 Å². The number of anilines is 2. The zero-order chi connectivity index (χ0) is 26.0. The molecule has 2 aromatic heterocycles. The van der Waals surface area contributed by atoms with Crippen molar-refractivity contribution in [3.05, 3.63) is 77.8 Å². The smallest absolute Gasteiger partial charge is 0.292 e. The van der Waals surface area contributed by atoms with Crippen molar-refractivity contribution in [1.29, 1.82) is 0 Å². The Bertz CT molecular complexity index is 1480. The molecular formula is C28H28ClN7O2. The second kappa shape index (κ2) is 10.4. The summed E-state index contributed by atoms with van der Waals surface area (Å²) in [5, 5.41) is 8.13. The molecule has 2 aliphatic rings. The molecule has 9 nitrogen and oxygen atoms in total. The van der Waals surface area contributed by atoms with Crippen molar-refractivity contribution >= 4 is 45.7 Å². The number of pyridine rings is 1. The predicted octanol–water partition coefficient (Wildman–Crippen LogP) is 5.07. The van der Waals surface area contributed by atoms with Gasteiger partial charge in [-0.15, -0.1) is 0 Å². The van der Waals surface area contributed by atoms with E-state index in [0.717, 1.165) is 53.9 Å². The summed E-state index contributed by atoms with van der Waals surface area (Å²) in [5.41, 5.74) is 3.22. The van der Waals surface area contributed by atoms with Crippen molar-refractivity contribution in [2.45, 2.75) is 25.0 Å². The number of nitrogens with zero attached hydrogens (tertiary/aromatic N) is 5. The van der Waals surface area contributed by atoms with Gasteiger partial charge in [-0.1, -0.05) is 17.7 Å². The van der Waals surface area contributed by atoms with Crippen LogP contribution in [0.5, 0.6) is 5.75 Å². The summed E-state index contributed by atoms with van der Waals surface area (Å²) in [6.07, 6.45) is 5.35. The number of ether oxygens (including phenoxy) is 2. The average molecular weight is 530 g/mol. The van der Waals surface area contributed by atoms with Gasteiger partial charge in [-0.05, 0) is 74.5 Å². The van der Waals surface area contributed by atoms with Gasteiger partial charge in [0.1, 0.15) is 31.1 Å². The molecule has 1 spiro atoms. The molecule has 38 heavy (non-hydrogen) atoms. The van der Waals surface area contributed by atoms with Crippen LogP contribution in [0.3, 0.4) is 0 Å². The Morgan fingerprint density at radius 1 is 1.11 bits per heavy atom. The summed E-state index contributed by atoms with van der Waals surface area (Å²) >= 11 is 6.52. The highest BCUT2D eigenvalue weighted by Crippen LogP contribution is 2.34. The van der Waals surface area contributed by atoms with Crippen LogP contribution in [0.2, 0.25) is 5.02 Å². The maximum Gasteiger partial charge on any atom is 0.292 e. The lowest BCUT2D eigenvalue weighted by molar-refractivity contribution is 0.153. The third-order valence-corrected chi connectivity index (χ3v) is 7.44. The minimum absolute atomic E-state index is 0.0174. The van der Waals surface area contributed by atoms with Crippen molar-refractivity contribution in [2.24, 2.45) is 4.99 Å². The Labute approximate surface area is 225 Å². The van der Waals surface area contributed by atoms with Gasteiger partial charge in [-0.3, -0.25) is 4.98 Å². The third kappa shape index (κ3) is 4.94. The number of piperidine rings is 1. The Hall–Kier alpha value is -3.95. The molecule has 4 aromatic rings. The zero-order valence-corrected chi connectivity index (χ0v) is 21.8. The number of rotatable bonds is 6. The molecule has 2 saturated heterocycles. The number of aliphatic imine (C=N–C) groups is 1. The van der Waals surface area contributed by atoms with Gasteiger partial charge in [0.25, 0.3) is 6.02 Å². The Morgan fingerprint density at radius 3 is 2.82 bits per heavy atom. The number of likely N-dealkylation sites (N-methyl/N-ethyl adjacent to an activating group) is 1. The van der Waals surface area contributed by atoms with Crippen LogP contribution in [-0.2, 0) is 11.3 Å². The molecule has 10 heteroatoms. The highest BCUT2D eigenvalue weighted by molar-refractivity contribution is 6.32. The fourth-order valence-electron chi connectivity index (χ4n) is 4.87. The number of nitrogens with one attached hydrogen (secondary N) is 2. The third-order valence-electron chi connectivity index (χ3n) is 7.14. The van der Waals surface area contributed by atoms with Crippen molar-refractivity contribution in [3.63, 3.8) is 0 Å². The second-order valence-electron chi connectivity index (χ2n) is 9.52. The van der Waals surface area contributed by atoms with E-state index in [1.54, 1.807) is 6.20 Å². The number of benzene rings is 2. The summed E-state index contributed by atoms with van der Waals surface area (Å²) in [7, 11) is 2.07. The monoisotopic (exact) mass is 529 g/mol. The van der Waals surface area contributed by atoms with Crippen LogP contribution < -0.4 is 15.4 Å². The molecule has 0 atom stereocenters. The van der Waals surface area contributed by atoms with Gasteiger partial charge in [0.15, 0.2) is 0 Å². The molecule has 194 valence electrons. The topological polar surface area (TPSA) is 96.8 Å². The fourth-order valence-corrected chi connectivity index (χ4v) is 5.10. The van der Waals surface area contributed by atoms with Crippen LogP contribution in [-0.4, -0.2) is 58.2 Å². The molecular weight excluding hydrogens is 502 g/mol. The molecule has 6 rings (SSSR count). The van der Waals surface area contributed by atoms with Crippen LogP contribution in [0, 0.1) is 0 Å². The molecule has 2 aromatic carbocycles. The normalized spacial score (nSPS) is 17.6. The number of fused-ring (bicyclic) bond motifs is 1. The van der Waals surface area contributed by atoms with Crippen molar-refractivity contribution in [3.8, 4) is 5.75 Å². The number of aromatic nitrogens is 3. The standard InChI is InChI=1S/C28H28ClN7O2/c1-36-27(38-17-28(36)9-12-30-13-10-28)35-19-5-7-24-22(14-19)26(33-18-32-24)34-20-6-8-25(23(29)15-20)37-16-21-4-2-3-11-31-21/h2-8,11,14-15,18,30H,9-10,12-13,16-17H2,1H3,(H,32,33,34). The maximum atomic E-state index is 6.52. The van der Waals surface area contributed by atoms with E-state index >= 15 is 0 Å². The quantitative estimate of drug-likeness (QED) is 0.357. The van der Waals surface area contributed by atoms with Crippen LogP contribution in [0.25, 0.3) is 10.9 Å². The lowest BCUT2D eigenvalue weighted by Crippen LogP contribution is -2.52. The second-order valence-corrected chi connectivity index (χ2v) is 9.93. The molecule has 0 unspecified atom stereocenters. The summed E-state index contributed by atoms with van der Waals surface area (Å²) in [5.74, 6) is 1.24. The minimum Gasteiger partial charge on any atom is -0.486 e. The van der Waals surface area contributed by atoms with Crippen molar-refractivity contribution in [2.75, 3.05) is 32.1 Å². The largest absolute Gasteiger partial charge is 0.486 e. The van der Waals surface area contributed by atoms with Gasteiger partial charge in [0.2, 0.25) is 0 Å². The number of halogens is 1. The Kier molecular flexibility index (Phi) is 6.70. The van der Waals surface area contributed by atoms with E-state index in [0.29, 0.717) is 35.8 Å². The summed E-state index contributed by atoms with van der Waals surface area (Å²) in [6.45, 7) is 2.98. The van der Waals surface area contributed by atoms with E-state index in [9.17, 15) is 0 Å². The molecule has 2 fully saturated rings. The number of hydrogen-bond acceptors (Lipinski definition) is 8. The zero-order valence-electron chi connectivity index (χ0n) is 21.0. The van der Waals surface area contributed by atoms with Crippen LogP contribution >= 0.6 is 11.6 Å². The molecule has 0 saturated carbocycles. The molecule has 0 amide bonds. The molecule has 0 radical (unpaired) electrons. The fraction of sp³-hybridized carbons (Fsp3) is 0.286. The first-order valence-electron chi connectivity index (χ1n) is 12.6. The van der Waals surface area contributed by atoms with Crippen LogP contribution in [0.4, 0.5) is 17.2 Å². The number of amidine groups is 1. The van der Waals surface area contributed by atoms with E-state index in [-0.39, 0.29) is 5.54 Å². The average Bonchev–Trinajstić information content (AvgIpc) is 3.23. The predicted molar refractivity (Wildman–Crippen MR) is 148 cm³/mol. The van der Waals surface area contributed by atoms with Crippen molar-refractivity contribution in [1.82, 2.24) is 25.2 Å². The molecule has 4 heterocycles. The van der Waals surface area contributed by atoms with Gasteiger partial charge in [-0.2, -0.15) is 4.99 Å². The van der Waals surface area contributed by atoms with E-state index in [1.807, 2.05) is 54.6 Å². The lowest BCUT2D eigenvalue weighted by Gasteiger charge is -2.37. The summed E-state index contributed by atoms with van der Waals surface area (Å²) in [4.78, 5) is 20.2. The highest BCUT2D eigenvalue weighted by Gasteiger charge is 2.44. The van der Waals surface area contributed by atoms with E-state index in [1.165, 1.54) is 6.33 Å². The van der Waals surface area contributed by atoms with Crippen LogP contribution in [0.15, 0.2) is 72.1 Å². The molecule has 0 bridgehead atoms. The molecule has 2 N–H and O–H groups in total. The van der Waals surface area contributed by atoms with Gasteiger partial charge in [-0.25, -0.2) is 9.97 Å². The first-order valence-corrected chi connectivity index (χ1v) is 13.0. The van der Waals surface area contributed by atoms with E-state index in [4.69, 9.17) is 26.1 Å². The van der Waals surface area contributed by atoms with E-state index < -0.39 is 0 Å². The minimum atomic E-state index is 0.0174. The first kappa shape index (κ1) is 24.4. The van der Waals surface area contributed by atoms with Gasteiger partial charge in [0.05, 0.1) is 27.5 Å². The lowest BCUT2D eigenvalue weighted by atomic mass is 9.89. The summed E-state index contributed by atoms with van der Waals surface area (Å²) in [6, 6.07) is 17.8. The summed E-state index contributed by atoms with van der Waals surface area (Å²) < 4.78 is 11.9. The van der Waals surface area contributed by atoms with Gasteiger partial charge < -0.3 is 25.0 Å². The molecule has 0 aliphatic carbocycles. The number of hydrogen-bond donors (Lipinski definition) is 2. The van der Waals surface area contributed by atoms with Crippen LogP contribution in [0.1, 0.15) is 18.5 Å². The first-order chi connectivity index (χ1) is 18.6. The van der Waals surface area contributed by atoms with Gasteiger partial charge >= 0.3 is 0 Å². The Morgan fingerprint density at radius 2 is 2.00 bits per heavy atom. The van der Waals surface area contributed by atoms with Crippen molar-refractivity contribution < 1.29 is 9.47 Å². The highest BCUT2D eigenvalue weighted by atomic mass is 35.5. The Balaban J connectivity index is 1.21. The maximum absolute atomic E-state index is 6.52. The molecule has 2 aliphatic heterocycles. The van der Waals surface area contributed by atoms with Gasteiger partial charge in [0, 0.05) is 24.3 Å².